The number of carbonyl (C=O) groups is 4. The second-order valence-electron chi connectivity index (χ2n) is 27.5. The summed E-state index contributed by atoms with van der Waals surface area (Å²) < 4.78 is 70.7. The molecule has 4 atom stereocenters. The molecule has 2 aliphatic carbocycles. The normalized spacial score (nSPS) is 18.5. The fraction of sp³-hybridized carbons (Fsp3) is 0.380. The number of carbonyl (C=O) groups excluding carboxylic acids is 4. The molecule has 2 saturated carbocycles. The molecule has 2 amide bonds. The molecule has 2 aliphatic heterocycles. The molecule has 518 valence electrons. The summed E-state index contributed by atoms with van der Waals surface area (Å²) in [5.74, 6) is -0.223. The van der Waals surface area contributed by atoms with E-state index in [0.717, 1.165) is 25.7 Å². The summed E-state index contributed by atoms with van der Waals surface area (Å²) in [5.41, 5.74) is 14.6. The van der Waals surface area contributed by atoms with Crippen molar-refractivity contribution in [2.75, 3.05) is 20.3 Å². The van der Waals surface area contributed by atoms with Gasteiger partial charge in [0.25, 0.3) is 17.4 Å². The smallest absolute Gasteiger partial charge is 0.333 e. The predicted octanol–water partition coefficient (Wildman–Crippen LogP) is 13.2. The van der Waals surface area contributed by atoms with Gasteiger partial charge in [-0.25, -0.2) is 29.3 Å². The molecule has 0 spiro atoms. The van der Waals surface area contributed by atoms with E-state index >= 15 is 0 Å². The molecule has 2 fully saturated rings. The van der Waals surface area contributed by atoms with E-state index in [1.807, 2.05) is 41.5 Å². The number of aliphatic imine (C=N–C) groups is 2. The van der Waals surface area contributed by atoms with Crippen molar-refractivity contribution in [3.8, 4) is 50.9 Å². The molecule has 6 heterocycles. The van der Waals surface area contributed by atoms with Gasteiger partial charge >= 0.3 is 25.0 Å². The van der Waals surface area contributed by atoms with Crippen LogP contribution < -0.4 is 21.8 Å². The van der Waals surface area contributed by atoms with Crippen LogP contribution >= 0.6 is 23.2 Å². The first-order chi connectivity index (χ1) is 47.0. The van der Waals surface area contributed by atoms with Gasteiger partial charge in [-0.1, -0.05) is 125 Å². The minimum Gasteiger partial charge on any atom is -0.481 e. The first-order valence-electron chi connectivity index (χ1n) is 32.1. The lowest BCUT2D eigenvalue weighted by molar-refractivity contribution is -0.148. The van der Waals surface area contributed by atoms with Crippen LogP contribution in [0.15, 0.2) is 149 Å². The van der Waals surface area contributed by atoms with Crippen LogP contribution in [0.1, 0.15) is 140 Å². The van der Waals surface area contributed by atoms with Gasteiger partial charge in [-0.3, -0.25) is 33.8 Å². The number of hydrogen-bond donors (Lipinski definition) is 3. The van der Waals surface area contributed by atoms with Crippen molar-refractivity contribution in [2.24, 2.45) is 44.1 Å². The maximum absolute atomic E-state index is 14.9. The van der Waals surface area contributed by atoms with E-state index in [1.54, 1.807) is 97.2 Å². The van der Waals surface area contributed by atoms with Crippen LogP contribution in [0.4, 0.5) is 17.6 Å². The zero-order valence-corrected chi connectivity index (χ0v) is 56.9. The number of amides is 2. The first kappa shape index (κ1) is 70.5. The van der Waals surface area contributed by atoms with Crippen molar-refractivity contribution >= 4 is 58.9 Å². The number of halogens is 6. The standard InChI is InChI=1S/C36H38ClF2N7O4.C35H36ClF2N7O4/c1-35(2,3)20-36(25-10-7-22(8-11-25)24-17-42-45(18-24)33(38)39)32(48)46(34(40)44-36)28(19-50-30(47)15-21-5-6-21)23-9-12-27(37)26(16-23)31-41-14-13-29(43-31)49-4;1-34(2,3)19-35(24-9-6-21(7-10-24)23-16-41-44(17-23)32(37)38)31(48)45(33(39)43-35)27(18-49-29(47)14-20-4-5-20)22-8-11-26(36)25(15-22)30-40-13-12-28(46)42-30/h7-14,16-18,21,28,33H,5-6,15,19-20H2,1-4H3,(H2,40,44);6-13,15-17,20,27,32H,4-5,14,18-19H2,1-3H3,(H2,39,43)(H,40,42,46)/t28-,36-;27-,35-/m11/s1. The maximum Gasteiger partial charge on any atom is 0.333 e. The highest BCUT2D eigenvalue weighted by Gasteiger charge is 2.55. The Labute approximate surface area is 577 Å². The third-order valence-corrected chi connectivity index (χ3v) is 18.0. The number of aromatic nitrogens is 8. The molecule has 4 aliphatic rings. The number of alkyl halides is 4. The summed E-state index contributed by atoms with van der Waals surface area (Å²) in [6.07, 6.45) is 13.1. The first-order valence-corrected chi connectivity index (χ1v) is 32.9. The topological polar surface area (TPSA) is 286 Å². The number of ether oxygens (including phenoxy) is 3. The van der Waals surface area contributed by atoms with Crippen molar-refractivity contribution in [3.05, 3.63) is 177 Å². The van der Waals surface area contributed by atoms with Crippen molar-refractivity contribution in [1.82, 2.24) is 49.3 Å². The molecule has 22 nitrogen and oxygen atoms in total. The van der Waals surface area contributed by atoms with Gasteiger partial charge < -0.3 is 30.7 Å². The molecular weight excluding hydrogens is 1320 g/mol. The van der Waals surface area contributed by atoms with Gasteiger partial charge in [-0.05, 0) is 119 Å². The highest BCUT2D eigenvalue weighted by Crippen LogP contribution is 2.48. The number of methoxy groups -OCH3 is 1. The fourth-order valence-corrected chi connectivity index (χ4v) is 12.8. The average Bonchev–Trinajstić information content (AvgIpc) is 1.60. The van der Waals surface area contributed by atoms with Gasteiger partial charge in [0.1, 0.15) is 19.0 Å². The minimum atomic E-state index is -2.77. The van der Waals surface area contributed by atoms with Crippen LogP contribution in [-0.2, 0) is 39.7 Å². The third kappa shape index (κ3) is 16.0. The number of hydrogen-bond acceptors (Lipinski definition) is 17. The Morgan fingerprint density at radius 2 is 1.04 bits per heavy atom. The van der Waals surface area contributed by atoms with Gasteiger partial charge in [0.15, 0.2) is 28.8 Å². The number of aromatic amines is 1. The summed E-state index contributed by atoms with van der Waals surface area (Å²) in [7, 11) is 1.50. The second-order valence-corrected chi connectivity index (χ2v) is 28.3. The van der Waals surface area contributed by atoms with Crippen molar-refractivity contribution in [1.29, 1.82) is 0 Å². The molecule has 8 aromatic rings. The minimum absolute atomic E-state index is 0.0427. The molecule has 4 aromatic heterocycles. The van der Waals surface area contributed by atoms with E-state index in [2.05, 4.69) is 30.1 Å². The number of nitrogens with zero attached hydrogens (tertiary/aromatic N) is 11. The lowest BCUT2D eigenvalue weighted by atomic mass is 9.75. The lowest BCUT2D eigenvalue weighted by Gasteiger charge is -2.35. The van der Waals surface area contributed by atoms with Crippen LogP contribution in [-0.4, -0.2) is 105 Å². The van der Waals surface area contributed by atoms with E-state index < -0.39 is 58.9 Å². The van der Waals surface area contributed by atoms with E-state index in [-0.39, 0.29) is 67.7 Å². The highest BCUT2D eigenvalue weighted by molar-refractivity contribution is 6.33. The number of rotatable bonds is 23. The monoisotopic (exact) mass is 1400 g/mol. The number of H-pyrrole nitrogens is 1. The third-order valence-electron chi connectivity index (χ3n) is 17.3. The quantitative estimate of drug-likeness (QED) is 0.0396. The van der Waals surface area contributed by atoms with Crippen molar-refractivity contribution in [2.45, 2.75) is 129 Å². The lowest BCUT2D eigenvalue weighted by Crippen LogP contribution is -2.47. The Bertz CT molecular complexity index is 4450. The SMILES string of the molecule is CC(C)(C)C[C@]1(c2ccc(-c3cnn(C(F)F)c3)cc2)N=C(N)N([C@H](COC(=O)CC2CC2)c2ccc(Cl)c(-c3nccc(=O)[nH]3)c2)C1=O.COc1ccnc(-c2cc([C@@H](COC(=O)CC3CC3)N3C(=O)[C@@](CC(C)(C)C)(c4ccc(-c5cnn(C(F)F)c5)cc4)N=C3N)ccc2Cl)n1. The van der Waals surface area contributed by atoms with Crippen LogP contribution in [0, 0.1) is 22.7 Å². The van der Waals surface area contributed by atoms with Crippen molar-refractivity contribution < 1.29 is 51.0 Å². The molecule has 0 unspecified atom stereocenters. The zero-order valence-electron chi connectivity index (χ0n) is 55.3. The molecule has 5 N–H and O–H groups in total. The molecule has 0 bridgehead atoms. The summed E-state index contributed by atoms with van der Waals surface area (Å²) in [6.45, 7) is 6.02. The average molecular weight is 1400 g/mol. The van der Waals surface area contributed by atoms with Crippen LogP contribution in [0.2, 0.25) is 10.0 Å². The number of benzene rings is 4. The Morgan fingerprint density at radius 3 is 1.44 bits per heavy atom. The molecular formula is C71H74Cl2F4N14O8. The van der Waals surface area contributed by atoms with Gasteiger partial charge in [0.05, 0.1) is 41.6 Å². The predicted molar refractivity (Wildman–Crippen MR) is 363 cm³/mol. The Morgan fingerprint density at radius 1 is 0.606 bits per heavy atom. The second kappa shape index (κ2) is 28.6. The number of nitrogens with one attached hydrogen (secondary N) is 1. The zero-order chi connectivity index (χ0) is 70.9. The van der Waals surface area contributed by atoms with Crippen molar-refractivity contribution in [3.63, 3.8) is 0 Å². The number of nitrogens with two attached hydrogens (primary N) is 2. The van der Waals surface area contributed by atoms with Crippen LogP contribution in [0.5, 0.6) is 5.88 Å². The van der Waals surface area contributed by atoms with Gasteiger partial charge in [-0.15, -0.1) is 0 Å². The molecule has 0 radical (unpaired) electrons. The fourth-order valence-electron chi connectivity index (χ4n) is 12.4. The summed E-state index contributed by atoms with van der Waals surface area (Å²) >= 11 is 13.2. The molecule has 4 aromatic carbocycles. The maximum atomic E-state index is 14.9. The summed E-state index contributed by atoms with van der Waals surface area (Å²) in [5, 5.41) is 8.12. The molecule has 0 saturated heterocycles. The highest BCUT2D eigenvalue weighted by atomic mass is 35.5. The Hall–Kier alpha value is -9.82. The van der Waals surface area contributed by atoms with Gasteiger partial charge in [0, 0.05) is 72.0 Å². The molecule has 12 rings (SSSR count). The summed E-state index contributed by atoms with van der Waals surface area (Å²) in [6, 6.07) is 25.2. The van der Waals surface area contributed by atoms with Gasteiger partial charge in [0.2, 0.25) is 5.88 Å². The van der Waals surface area contributed by atoms with Crippen LogP contribution in [0.25, 0.3) is 45.0 Å². The number of guanidine groups is 2. The molecule has 28 heteroatoms. The van der Waals surface area contributed by atoms with E-state index in [1.165, 1.54) is 54.0 Å². The summed E-state index contributed by atoms with van der Waals surface area (Å²) in [4.78, 5) is 95.7. The largest absolute Gasteiger partial charge is 0.481 e. The molecule has 99 heavy (non-hydrogen) atoms. The Balaban J connectivity index is 0.000000200. The Kier molecular flexibility index (Phi) is 20.3. The number of esters is 2. The van der Waals surface area contributed by atoms with E-state index in [0.29, 0.717) is 105 Å². The van der Waals surface area contributed by atoms with Crippen LogP contribution in [0.3, 0.4) is 0 Å². The van der Waals surface area contributed by atoms with E-state index in [9.17, 15) is 41.5 Å². The van der Waals surface area contributed by atoms with Gasteiger partial charge in [-0.2, -0.15) is 32.7 Å². The van der Waals surface area contributed by atoms with E-state index in [4.69, 9.17) is 58.9 Å².